The topological polar surface area (TPSA) is 119 Å². The van der Waals surface area contributed by atoms with Crippen molar-refractivity contribution >= 4 is 17.6 Å². The molecule has 1 amide bonds. The predicted octanol–water partition coefficient (Wildman–Crippen LogP) is 3.08. The summed E-state index contributed by atoms with van der Waals surface area (Å²) >= 11 is 0. The summed E-state index contributed by atoms with van der Waals surface area (Å²) in [5.41, 5.74) is 2.08. The highest BCUT2D eigenvalue weighted by Crippen LogP contribution is 2.29. The molecule has 0 aromatic heterocycles. The molecule has 8 heteroatoms. The van der Waals surface area contributed by atoms with Crippen molar-refractivity contribution in [1.29, 1.82) is 0 Å². The number of nitrogens with one attached hydrogen (secondary N) is 1. The maximum absolute atomic E-state index is 12.6. The lowest BCUT2D eigenvalue weighted by molar-refractivity contribution is -0.385. The van der Waals surface area contributed by atoms with E-state index in [1.165, 1.54) is 20.1 Å². The highest BCUT2D eigenvalue weighted by Gasteiger charge is 2.25. The number of aliphatic carboxylic acids is 1. The van der Waals surface area contributed by atoms with E-state index < -0.39 is 22.8 Å². The van der Waals surface area contributed by atoms with Gasteiger partial charge in [0.15, 0.2) is 6.04 Å². The van der Waals surface area contributed by atoms with Crippen molar-refractivity contribution < 1.29 is 24.4 Å². The summed E-state index contributed by atoms with van der Waals surface area (Å²) in [7, 11) is 1.34. The quantitative estimate of drug-likeness (QED) is 0.594. The fraction of sp³-hybridized carbons (Fsp3) is 0.263. The monoisotopic (exact) mass is 372 g/mol. The lowest BCUT2D eigenvalue weighted by Crippen LogP contribution is -2.34. The Morgan fingerprint density at radius 2 is 1.70 bits per heavy atom. The third kappa shape index (κ3) is 4.41. The Morgan fingerprint density at radius 1 is 1.11 bits per heavy atom. The largest absolute Gasteiger partial charge is 0.496 e. The Labute approximate surface area is 155 Å². The minimum absolute atomic E-state index is 0.0558. The molecule has 0 heterocycles. The van der Waals surface area contributed by atoms with E-state index in [9.17, 15) is 24.8 Å². The standard InChI is InChI=1S/C19H20N2O6/c1-10-5-11(2)7-13(6-10)17(19(23)24)20-18(22)14-8-15(21(25)26)12(3)16(9-14)27-4/h5-9,17H,1-4H3,(H,20,22)(H,23,24). The second-order valence-corrected chi connectivity index (χ2v) is 6.25. The second kappa shape index (κ2) is 7.86. The lowest BCUT2D eigenvalue weighted by Gasteiger charge is -2.17. The molecule has 0 saturated carbocycles. The number of nitrogens with zero attached hydrogens (tertiary/aromatic N) is 1. The molecular weight excluding hydrogens is 352 g/mol. The van der Waals surface area contributed by atoms with Crippen LogP contribution >= 0.6 is 0 Å². The van der Waals surface area contributed by atoms with E-state index in [1.807, 2.05) is 19.9 Å². The van der Waals surface area contributed by atoms with Crippen LogP contribution in [-0.2, 0) is 4.79 Å². The van der Waals surface area contributed by atoms with Crippen LogP contribution in [0, 0.1) is 30.9 Å². The molecule has 0 spiro atoms. The van der Waals surface area contributed by atoms with Crippen LogP contribution in [0.4, 0.5) is 5.69 Å². The Hall–Kier alpha value is -3.42. The van der Waals surface area contributed by atoms with E-state index in [4.69, 9.17) is 4.74 Å². The van der Waals surface area contributed by atoms with Crippen LogP contribution in [0.1, 0.15) is 38.7 Å². The number of amides is 1. The molecule has 0 bridgehead atoms. The van der Waals surface area contributed by atoms with Gasteiger partial charge in [0.05, 0.1) is 17.6 Å². The number of rotatable bonds is 6. The number of carboxylic acid groups (broad SMARTS) is 1. The van der Waals surface area contributed by atoms with Crippen molar-refractivity contribution in [3.05, 3.63) is 68.3 Å². The summed E-state index contributed by atoms with van der Waals surface area (Å²) in [6.07, 6.45) is 0. The highest BCUT2D eigenvalue weighted by molar-refractivity contribution is 5.98. The molecule has 2 N–H and O–H groups in total. The molecule has 27 heavy (non-hydrogen) atoms. The van der Waals surface area contributed by atoms with Crippen molar-refractivity contribution in [2.45, 2.75) is 26.8 Å². The van der Waals surface area contributed by atoms with E-state index in [0.29, 0.717) is 5.56 Å². The molecule has 0 aliphatic heterocycles. The second-order valence-electron chi connectivity index (χ2n) is 6.25. The molecule has 142 valence electrons. The van der Waals surface area contributed by atoms with Crippen LogP contribution in [0.25, 0.3) is 0 Å². The minimum atomic E-state index is -1.29. The van der Waals surface area contributed by atoms with Crippen LogP contribution in [0.2, 0.25) is 0 Å². The molecule has 8 nitrogen and oxygen atoms in total. The third-order valence-corrected chi connectivity index (χ3v) is 4.11. The smallest absolute Gasteiger partial charge is 0.330 e. The van der Waals surface area contributed by atoms with Gasteiger partial charge in [-0.3, -0.25) is 14.9 Å². The number of benzene rings is 2. The number of aryl methyl sites for hydroxylation is 2. The zero-order chi connectivity index (χ0) is 20.3. The number of nitro groups is 1. The molecule has 0 radical (unpaired) electrons. The number of carbonyl (C=O) groups excluding carboxylic acids is 1. The van der Waals surface area contributed by atoms with Crippen LogP contribution < -0.4 is 10.1 Å². The summed E-state index contributed by atoms with van der Waals surface area (Å²) in [5.74, 6) is -1.81. The first kappa shape index (κ1) is 19.9. The summed E-state index contributed by atoms with van der Waals surface area (Å²) in [5, 5.41) is 23.2. The SMILES string of the molecule is COc1cc(C(=O)NC(C(=O)O)c2cc(C)cc(C)c2)cc([N+](=O)[O-])c1C. The van der Waals surface area contributed by atoms with E-state index >= 15 is 0 Å². The summed E-state index contributed by atoms with van der Waals surface area (Å²) in [4.78, 5) is 34.9. The maximum Gasteiger partial charge on any atom is 0.330 e. The number of ether oxygens (including phenoxy) is 1. The van der Waals surface area contributed by atoms with Gasteiger partial charge in [-0.1, -0.05) is 29.3 Å². The Morgan fingerprint density at radius 3 is 2.19 bits per heavy atom. The first-order valence-electron chi connectivity index (χ1n) is 8.09. The van der Waals surface area contributed by atoms with Crippen molar-refractivity contribution in [2.24, 2.45) is 0 Å². The molecule has 1 unspecified atom stereocenters. The van der Waals surface area contributed by atoms with E-state index in [2.05, 4.69) is 5.32 Å². The molecule has 2 aromatic rings. The molecule has 1 atom stereocenters. The molecule has 2 aromatic carbocycles. The zero-order valence-electron chi connectivity index (χ0n) is 15.4. The van der Waals surface area contributed by atoms with Gasteiger partial charge in [0.1, 0.15) is 5.75 Å². The summed E-state index contributed by atoms with van der Waals surface area (Å²) in [6, 6.07) is 6.39. The predicted molar refractivity (Wildman–Crippen MR) is 98.1 cm³/mol. The van der Waals surface area contributed by atoms with Gasteiger partial charge < -0.3 is 15.2 Å². The number of hydrogen-bond donors (Lipinski definition) is 2. The van der Waals surface area contributed by atoms with Crippen LogP contribution in [0.5, 0.6) is 5.75 Å². The van der Waals surface area contributed by atoms with Gasteiger partial charge in [0.25, 0.3) is 11.6 Å². The first-order chi connectivity index (χ1) is 12.6. The number of carboxylic acids is 1. The molecule has 0 fully saturated rings. The molecule has 0 aliphatic rings. The Bertz CT molecular complexity index is 902. The van der Waals surface area contributed by atoms with Gasteiger partial charge in [-0.15, -0.1) is 0 Å². The van der Waals surface area contributed by atoms with Gasteiger partial charge >= 0.3 is 5.97 Å². The molecule has 2 rings (SSSR count). The normalized spacial score (nSPS) is 11.6. The van der Waals surface area contributed by atoms with Crippen LogP contribution in [0.15, 0.2) is 30.3 Å². The number of methoxy groups -OCH3 is 1. The highest BCUT2D eigenvalue weighted by atomic mass is 16.6. The minimum Gasteiger partial charge on any atom is -0.496 e. The van der Waals surface area contributed by atoms with Crippen molar-refractivity contribution in [2.75, 3.05) is 7.11 Å². The van der Waals surface area contributed by atoms with Gasteiger partial charge in [0.2, 0.25) is 0 Å². The summed E-state index contributed by atoms with van der Waals surface area (Å²) < 4.78 is 5.09. The summed E-state index contributed by atoms with van der Waals surface area (Å²) in [6.45, 7) is 5.16. The van der Waals surface area contributed by atoms with Gasteiger partial charge in [-0.05, 0) is 32.4 Å². The van der Waals surface area contributed by atoms with Gasteiger partial charge in [-0.25, -0.2) is 4.79 Å². The Balaban J connectivity index is 2.43. The van der Waals surface area contributed by atoms with E-state index in [0.717, 1.165) is 17.2 Å². The van der Waals surface area contributed by atoms with Crippen LogP contribution in [0.3, 0.4) is 0 Å². The Kier molecular flexibility index (Phi) is 5.79. The lowest BCUT2D eigenvalue weighted by atomic mass is 10.0. The van der Waals surface area contributed by atoms with Gasteiger partial charge in [-0.2, -0.15) is 0 Å². The number of nitro benzene ring substituents is 1. The van der Waals surface area contributed by atoms with Crippen molar-refractivity contribution in [3.63, 3.8) is 0 Å². The molecule has 0 saturated heterocycles. The average molecular weight is 372 g/mol. The van der Waals surface area contributed by atoms with E-state index in [1.54, 1.807) is 12.1 Å². The van der Waals surface area contributed by atoms with Crippen LogP contribution in [-0.4, -0.2) is 29.0 Å². The number of carbonyl (C=O) groups is 2. The molecular formula is C19H20N2O6. The average Bonchev–Trinajstić information content (AvgIpc) is 2.58. The maximum atomic E-state index is 12.6. The third-order valence-electron chi connectivity index (χ3n) is 4.11. The first-order valence-corrected chi connectivity index (χ1v) is 8.09. The number of hydrogen-bond acceptors (Lipinski definition) is 5. The van der Waals surface area contributed by atoms with Crippen molar-refractivity contribution in [3.8, 4) is 5.75 Å². The molecule has 0 aliphatic carbocycles. The fourth-order valence-electron chi connectivity index (χ4n) is 2.88. The zero-order valence-corrected chi connectivity index (χ0v) is 15.4. The van der Waals surface area contributed by atoms with Gasteiger partial charge in [0, 0.05) is 11.6 Å². The van der Waals surface area contributed by atoms with E-state index in [-0.39, 0.29) is 22.6 Å². The fourth-order valence-corrected chi connectivity index (χ4v) is 2.88. The van der Waals surface area contributed by atoms with Crippen molar-refractivity contribution in [1.82, 2.24) is 5.32 Å².